The number of para-hydroxylation sites is 1. The Morgan fingerprint density at radius 3 is 1.82 bits per heavy atom. The summed E-state index contributed by atoms with van der Waals surface area (Å²) in [6.07, 6.45) is -0.320. The average Bonchev–Trinajstić information content (AvgIpc) is 3.57. The van der Waals surface area contributed by atoms with Crippen molar-refractivity contribution >= 4 is 44.2 Å². The molecule has 8 aromatic carbocycles. The van der Waals surface area contributed by atoms with E-state index in [0.29, 0.717) is 23.1 Å². The van der Waals surface area contributed by atoms with Crippen LogP contribution in [0.15, 0.2) is 192 Å². The summed E-state index contributed by atoms with van der Waals surface area (Å²) in [5, 5.41) is 8.08. The molecule has 55 heavy (non-hydrogen) atoms. The zero-order chi connectivity index (χ0) is 36.3. The SMILES string of the molecule is c1ccc(C2=NC(c3cccc(-c4cccc(-n5c6ccccc6c6cc7c(cc65)Oc5cc6ccccc6cc5O7)c4)c3)NC(c3ccccc3)=N2)cc1. The summed E-state index contributed by atoms with van der Waals surface area (Å²) in [7, 11) is 0. The quantitative estimate of drug-likeness (QED) is 0.194. The van der Waals surface area contributed by atoms with Crippen molar-refractivity contribution in [2.75, 3.05) is 0 Å². The smallest absolute Gasteiger partial charge is 0.172 e. The molecule has 0 spiro atoms. The van der Waals surface area contributed by atoms with E-state index < -0.39 is 0 Å². The van der Waals surface area contributed by atoms with Gasteiger partial charge < -0.3 is 19.4 Å². The fraction of sp³-hybridized carbons (Fsp3) is 0.0204. The highest BCUT2D eigenvalue weighted by Crippen LogP contribution is 2.49. The first-order valence-corrected chi connectivity index (χ1v) is 18.4. The van der Waals surface area contributed by atoms with Gasteiger partial charge in [0.25, 0.3) is 0 Å². The van der Waals surface area contributed by atoms with Gasteiger partial charge in [-0.3, -0.25) is 0 Å². The van der Waals surface area contributed by atoms with Crippen LogP contribution in [0.1, 0.15) is 22.9 Å². The first-order chi connectivity index (χ1) is 27.2. The second-order valence-corrected chi connectivity index (χ2v) is 13.9. The monoisotopic (exact) mass is 708 g/mol. The Bertz CT molecular complexity index is 3020. The molecule has 0 saturated heterocycles. The molecule has 1 atom stereocenters. The molecule has 0 fully saturated rings. The van der Waals surface area contributed by atoms with Gasteiger partial charge in [-0.2, -0.15) is 0 Å². The van der Waals surface area contributed by atoms with E-state index in [2.05, 4.69) is 143 Å². The van der Waals surface area contributed by atoms with Crippen LogP contribution in [0.2, 0.25) is 0 Å². The van der Waals surface area contributed by atoms with Crippen molar-refractivity contribution in [2.45, 2.75) is 6.17 Å². The highest BCUT2D eigenvalue weighted by molar-refractivity contribution is 6.13. The summed E-state index contributed by atoms with van der Waals surface area (Å²) < 4.78 is 15.4. The Hall–Kier alpha value is -7.44. The number of aromatic nitrogens is 1. The Morgan fingerprint density at radius 1 is 0.455 bits per heavy atom. The minimum absolute atomic E-state index is 0.320. The number of amidine groups is 2. The molecule has 9 aromatic rings. The van der Waals surface area contributed by atoms with E-state index >= 15 is 0 Å². The summed E-state index contributed by atoms with van der Waals surface area (Å²) in [6.45, 7) is 0. The number of fused-ring (bicyclic) bond motifs is 6. The lowest BCUT2D eigenvalue weighted by Gasteiger charge is -2.24. The summed E-state index contributed by atoms with van der Waals surface area (Å²) in [5.74, 6) is 4.33. The zero-order valence-electron chi connectivity index (χ0n) is 29.6. The number of nitrogens with zero attached hydrogens (tertiary/aromatic N) is 3. The fourth-order valence-electron chi connectivity index (χ4n) is 7.80. The molecule has 0 amide bonds. The Morgan fingerprint density at radius 2 is 1.05 bits per heavy atom. The number of nitrogens with one attached hydrogen (secondary N) is 1. The molecule has 260 valence electrons. The molecule has 0 aliphatic carbocycles. The summed E-state index contributed by atoms with van der Waals surface area (Å²) >= 11 is 0. The lowest BCUT2D eigenvalue weighted by atomic mass is 10.0. The van der Waals surface area contributed by atoms with Crippen molar-refractivity contribution in [3.05, 3.63) is 199 Å². The number of hydrogen-bond donors (Lipinski definition) is 1. The van der Waals surface area contributed by atoms with Crippen molar-refractivity contribution in [2.24, 2.45) is 9.98 Å². The Labute approximate surface area is 317 Å². The molecule has 2 aliphatic rings. The number of ether oxygens (including phenoxy) is 2. The molecule has 0 radical (unpaired) electrons. The fourth-order valence-corrected chi connectivity index (χ4v) is 7.80. The van der Waals surface area contributed by atoms with Crippen molar-refractivity contribution in [1.29, 1.82) is 0 Å². The standard InChI is InChI=1S/C49H32N4O2/c1-3-13-31(14-4-1)47-50-48(32-15-5-2-6-16-32)52-49(51-47)37-21-11-19-33(25-37)34-20-12-22-38(26-34)53-41-24-10-9-23-39(41)40-29-45-46(30-42(40)53)55-44-28-36-18-8-7-17-35(36)27-43(44)54-45/h1-30,49H,(H,50,51,52). The van der Waals surface area contributed by atoms with E-state index in [1.807, 2.05) is 48.5 Å². The van der Waals surface area contributed by atoms with Gasteiger partial charge in [-0.15, -0.1) is 0 Å². The van der Waals surface area contributed by atoms with Crippen LogP contribution in [0.3, 0.4) is 0 Å². The number of aliphatic imine (C=N–C) groups is 2. The van der Waals surface area contributed by atoms with Crippen LogP contribution in [0.5, 0.6) is 23.0 Å². The zero-order valence-corrected chi connectivity index (χ0v) is 29.6. The molecular formula is C49H32N4O2. The van der Waals surface area contributed by atoms with Crippen LogP contribution in [0, 0.1) is 0 Å². The molecule has 11 rings (SSSR count). The van der Waals surface area contributed by atoms with Crippen LogP contribution in [0.25, 0.3) is 49.4 Å². The van der Waals surface area contributed by atoms with Gasteiger partial charge in [0.05, 0.1) is 11.0 Å². The van der Waals surface area contributed by atoms with E-state index in [-0.39, 0.29) is 6.17 Å². The number of hydrogen-bond acceptors (Lipinski definition) is 5. The van der Waals surface area contributed by atoms with E-state index in [9.17, 15) is 0 Å². The molecule has 0 saturated carbocycles. The first-order valence-electron chi connectivity index (χ1n) is 18.4. The second-order valence-electron chi connectivity index (χ2n) is 13.9. The van der Waals surface area contributed by atoms with Crippen LogP contribution in [-0.4, -0.2) is 16.2 Å². The predicted octanol–water partition coefficient (Wildman–Crippen LogP) is 12.0. The highest BCUT2D eigenvalue weighted by atomic mass is 16.6. The van der Waals surface area contributed by atoms with Gasteiger partial charge in [-0.1, -0.05) is 133 Å². The van der Waals surface area contributed by atoms with E-state index in [0.717, 1.165) is 77.7 Å². The normalized spacial score (nSPS) is 14.7. The van der Waals surface area contributed by atoms with E-state index in [1.54, 1.807) is 0 Å². The average molecular weight is 709 g/mol. The van der Waals surface area contributed by atoms with Crippen LogP contribution in [0.4, 0.5) is 0 Å². The molecular weight excluding hydrogens is 677 g/mol. The van der Waals surface area contributed by atoms with Gasteiger partial charge in [0, 0.05) is 33.7 Å². The van der Waals surface area contributed by atoms with Crippen molar-refractivity contribution in [1.82, 2.24) is 9.88 Å². The summed E-state index contributed by atoms with van der Waals surface area (Å²) in [6, 6.07) is 62.9. The van der Waals surface area contributed by atoms with Crippen molar-refractivity contribution in [3.8, 4) is 39.8 Å². The minimum Gasteiger partial charge on any atom is -0.449 e. The maximum Gasteiger partial charge on any atom is 0.172 e. The third-order valence-electron chi connectivity index (χ3n) is 10.5. The number of benzene rings is 8. The lowest BCUT2D eigenvalue weighted by Crippen LogP contribution is -2.33. The van der Waals surface area contributed by atoms with E-state index in [4.69, 9.17) is 19.5 Å². The highest BCUT2D eigenvalue weighted by Gasteiger charge is 2.24. The van der Waals surface area contributed by atoms with Gasteiger partial charge in [0.2, 0.25) is 0 Å². The Kier molecular flexibility index (Phi) is 7.13. The predicted molar refractivity (Wildman–Crippen MR) is 222 cm³/mol. The maximum atomic E-state index is 6.55. The second kappa shape index (κ2) is 12.6. The van der Waals surface area contributed by atoms with E-state index in [1.165, 1.54) is 0 Å². The first kappa shape index (κ1) is 31.1. The van der Waals surface area contributed by atoms with Crippen molar-refractivity contribution in [3.63, 3.8) is 0 Å². The third-order valence-corrected chi connectivity index (χ3v) is 10.5. The van der Waals surface area contributed by atoms with Gasteiger partial charge in [-0.05, 0) is 69.9 Å². The van der Waals surface area contributed by atoms with Crippen LogP contribution in [-0.2, 0) is 0 Å². The topological polar surface area (TPSA) is 60.1 Å². The summed E-state index contributed by atoms with van der Waals surface area (Å²) in [5.41, 5.74) is 8.44. The van der Waals surface area contributed by atoms with Gasteiger partial charge in [0.15, 0.2) is 28.8 Å². The van der Waals surface area contributed by atoms with Gasteiger partial charge in [-0.25, -0.2) is 9.98 Å². The molecule has 3 heterocycles. The lowest BCUT2D eigenvalue weighted by molar-refractivity contribution is 0.361. The third kappa shape index (κ3) is 5.42. The summed E-state index contributed by atoms with van der Waals surface area (Å²) in [4.78, 5) is 10.1. The van der Waals surface area contributed by atoms with Crippen molar-refractivity contribution < 1.29 is 9.47 Å². The maximum absolute atomic E-state index is 6.55. The molecule has 1 aromatic heterocycles. The molecule has 6 nitrogen and oxygen atoms in total. The molecule has 6 heteroatoms. The van der Waals surface area contributed by atoms with Crippen LogP contribution >= 0.6 is 0 Å². The minimum atomic E-state index is -0.320. The largest absolute Gasteiger partial charge is 0.449 e. The van der Waals surface area contributed by atoms with Gasteiger partial charge >= 0.3 is 0 Å². The Balaban J connectivity index is 0.987. The molecule has 2 aliphatic heterocycles. The van der Waals surface area contributed by atoms with Gasteiger partial charge in [0.1, 0.15) is 12.0 Å². The molecule has 1 N–H and O–H groups in total. The number of rotatable bonds is 5. The molecule has 1 unspecified atom stereocenters. The van der Waals surface area contributed by atoms with Crippen LogP contribution < -0.4 is 14.8 Å². The molecule has 0 bridgehead atoms.